The fourth-order valence-corrected chi connectivity index (χ4v) is 3.47. The molecule has 2 N–H and O–H groups in total. The third kappa shape index (κ3) is 5.08. The van der Waals surface area contributed by atoms with Gasteiger partial charge in [-0.1, -0.05) is 11.6 Å². The van der Waals surface area contributed by atoms with Gasteiger partial charge in [-0.15, -0.1) is 0 Å². The fraction of sp³-hybridized carbons (Fsp3) is 0.409. The van der Waals surface area contributed by atoms with Gasteiger partial charge in [-0.25, -0.2) is 9.59 Å². The van der Waals surface area contributed by atoms with Gasteiger partial charge in [-0.2, -0.15) is 5.26 Å². The second kappa shape index (κ2) is 10.8. The molecule has 1 aliphatic rings. The lowest BCUT2D eigenvalue weighted by Gasteiger charge is -2.27. The Morgan fingerprint density at radius 3 is 2.56 bits per heavy atom. The van der Waals surface area contributed by atoms with Crippen LogP contribution in [-0.4, -0.2) is 38.4 Å². The van der Waals surface area contributed by atoms with Crippen molar-refractivity contribution in [2.45, 2.75) is 39.7 Å². The lowest BCUT2D eigenvalue weighted by atomic mass is 9.83. The number of ether oxygens (including phenoxy) is 5. The first-order chi connectivity index (χ1) is 15.2. The molecular formula is C22H25ClN2O7. The summed E-state index contributed by atoms with van der Waals surface area (Å²) < 4.78 is 26.6. The van der Waals surface area contributed by atoms with Crippen LogP contribution in [0.4, 0.5) is 0 Å². The predicted molar refractivity (Wildman–Crippen MR) is 115 cm³/mol. The van der Waals surface area contributed by atoms with Crippen LogP contribution in [0, 0.1) is 11.3 Å². The van der Waals surface area contributed by atoms with Gasteiger partial charge < -0.3 is 29.4 Å². The molecule has 0 amide bonds. The summed E-state index contributed by atoms with van der Waals surface area (Å²) >= 11 is 6.48. The van der Waals surface area contributed by atoms with Crippen LogP contribution in [0.2, 0.25) is 5.02 Å². The number of nitrogens with two attached hydrogens (primary N) is 1. The van der Waals surface area contributed by atoms with Crippen molar-refractivity contribution in [2.24, 2.45) is 5.73 Å². The molecule has 172 valence electrons. The van der Waals surface area contributed by atoms with Gasteiger partial charge in [0.15, 0.2) is 17.6 Å². The highest BCUT2D eigenvalue weighted by Crippen LogP contribution is 2.45. The van der Waals surface area contributed by atoms with Crippen LogP contribution in [0.25, 0.3) is 0 Å². The van der Waals surface area contributed by atoms with Crippen LogP contribution in [0.5, 0.6) is 11.5 Å². The summed E-state index contributed by atoms with van der Waals surface area (Å²) in [6, 6.07) is 5.08. The second-order valence-corrected chi connectivity index (χ2v) is 7.07. The minimum absolute atomic E-state index is 0.0220. The molecule has 1 aromatic rings. The largest absolute Gasteiger partial charge is 0.490 e. The lowest BCUT2D eigenvalue weighted by molar-refractivity contribution is -0.148. The van der Waals surface area contributed by atoms with Gasteiger partial charge in [0, 0.05) is 0 Å². The number of nitrogens with zero attached hydrogens (tertiary/aromatic N) is 1. The number of benzene rings is 1. The van der Waals surface area contributed by atoms with Crippen molar-refractivity contribution >= 4 is 23.5 Å². The summed E-state index contributed by atoms with van der Waals surface area (Å²) in [5, 5.41) is 9.83. The highest BCUT2D eigenvalue weighted by Gasteiger charge is 2.37. The van der Waals surface area contributed by atoms with Crippen LogP contribution in [0.15, 0.2) is 34.9 Å². The fourth-order valence-electron chi connectivity index (χ4n) is 3.21. The van der Waals surface area contributed by atoms with E-state index in [2.05, 4.69) is 4.74 Å². The van der Waals surface area contributed by atoms with Crippen LogP contribution in [0.3, 0.4) is 0 Å². The smallest absolute Gasteiger partial charge is 0.346 e. The number of allylic oxidation sites excluding steroid dienone is 2. The quantitative estimate of drug-likeness (QED) is 0.575. The molecule has 0 bridgehead atoms. The molecule has 9 nitrogen and oxygen atoms in total. The van der Waals surface area contributed by atoms with Crippen molar-refractivity contribution in [1.82, 2.24) is 0 Å². The van der Waals surface area contributed by atoms with Gasteiger partial charge in [-0.3, -0.25) is 0 Å². The van der Waals surface area contributed by atoms with E-state index in [1.165, 1.54) is 20.1 Å². The monoisotopic (exact) mass is 464 g/mol. The van der Waals surface area contributed by atoms with Crippen LogP contribution < -0.4 is 15.2 Å². The number of hydrogen-bond donors (Lipinski definition) is 1. The van der Waals surface area contributed by atoms with E-state index in [0.717, 1.165) is 0 Å². The van der Waals surface area contributed by atoms with E-state index in [0.29, 0.717) is 5.56 Å². The van der Waals surface area contributed by atoms with Crippen molar-refractivity contribution in [3.8, 4) is 17.6 Å². The minimum Gasteiger partial charge on any atom is -0.490 e. The van der Waals surface area contributed by atoms with Gasteiger partial charge in [-0.05, 0) is 45.4 Å². The molecule has 32 heavy (non-hydrogen) atoms. The number of esters is 2. The highest BCUT2D eigenvalue weighted by atomic mass is 35.5. The van der Waals surface area contributed by atoms with Crippen LogP contribution in [-0.2, 0) is 23.8 Å². The van der Waals surface area contributed by atoms with Gasteiger partial charge in [0.1, 0.15) is 17.4 Å². The Bertz CT molecular complexity index is 1010. The van der Waals surface area contributed by atoms with Crippen molar-refractivity contribution in [3.05, 3.63) is 45.5 Å². The van der Waals surface area contributed by atoms with Gasteiger partial charge in [0.25, 0.3) is 0 Å². The average molecular weight is 465 g/mol. The Balaban J connectivity index is 2.67. The number of hydrogen-bond acceptors (Lipinski definition) is 9. The van der Waals surface area contributed by atoms with Crippen molar-refractivity contribution in [1.29, 1.82) is 5.26 Å². The van der Waals surface area contributed by atoms with E-state index in [1.807, 2.05) is 6.07 Å². The highest BCUT2D eigenvalue weighted by molar-refractivity contribution is 6.32. The average Bonchev–Trinajstić information content (AvgIpc) is 2.74. The third-order valence-electron chi connectivity index (χ3n) is 4.59. The summed E-state index contributed by atoms with van der Waals surface area (Å²) in [6.45, 7) is 6.88. The van der Waals surface area contributed by atoms with Crippen molar-refractivity contribution in [2.75, 3.05) is 20.3 Å². The molecule has 1 aliphatic heterocycles. The molecule has 0 aromatic heterocycles. The Kier molecular flexibility index (Phi) is 8.38. The second-order valence-electron chi connectivity index (χ2n) is 6.66. The van der Waals surface area contributed by atoms with Crippen LogP contribution >= 0.6 is 11.6 Å². The topological polar surface area (TPSA) is 130 Å². The molecule has 1 aromatic carbocycles. The number of methoxy groups -OCH3 is 1. The number of rotatable bonds is 8. The summed E-state index contributed by atoms with van der Waals surface area (Å²) in [4.78, 5) is 24.5. The molecule has 0 saturated heterocycles. The van der Waals surface area contributed by atoms with E-state index in [4.69, 9.17) is 36.3 Å². The SMILES string of the molecule is CCOC(=O)C1=C(C)OC(N)=C(C#N)C1c1cc(Cl)c(OC(C)C(=O)OC)c(OCC)c1. The first-order valence-corrected chi connectivity index (χ1v) is 10.2. The van der Waals surface area contributed by atoms with Crippen molar-refractivity contribution < 1.29 is 33.3 Å². The first-order valence-electron chi connectivity index (χ1n) is 9.86. The molecule has 0 saturated carbocycles. The van der Waals surface area contributed by atoms with E-state index in [-0.39, 0.29) is 52.5 Å². The first kappa shape index (κ1) is 24.9. The Morgan fingerprint density at radius 1 is 1.31 bits per heavy atom. The van der Waals surface area contributed by atoms with Gasteiger partial charge in [0.05, 0.1) is 36.8 Å². The molecule has 0 radical (unpaired) electrons. The summed E-state index contributed by atoms with van der Waals surface area (Å²) in [6.07, 6.45) is -0.951. The predicted octanol–water partition coefficient (Wildman–Crippen LogP) is 3.32. The standard InChI is InChI=1S/C22H25ClN2O7/c1-6-29-16-9-13(8-15(23)19(16)31-12(4)21(26)28-5)18-14(10-24)20(25)32-11(3)17(18)22(27)30-7-2/h8-9,12,18H,6-7,25H2,1-5H3. The maximum absolute atomic E-state index is 12.7. The maximum atomic E-state index is 12.7. The zero-order chi connectivity index (χ0) is 24.0. The molecule has 0 spiro atoms. The Hall–Kier alpha value is -3.38. The molecule has 2 rings (SSSR count). The number of carbonyl (C=O) groups excluding carboxylic acids is 2. The molecule has 2 atom stereocenters. The van der Waals surface area contributed by atoms with E-state index < -0.39 is 24.0 Å². The summed E-state index contributed by atoms with van der Waals surface area (Å²) in [5.41, 5.74) is 6.50. The van der Waals surface area contributed by atoms with E-state index in [1.54, 1.807) is 26.8 Å². The third-order valence-corrected chi connectivity index (χ3v) is 4.87. The van der Waals surface area contributed by atoms with Crippen molar-refractivity contribution in [3.63, 3.8) is 0 Å². The molecule has 2 unspecified atom stereocenters. The minimum atomic E-state index is -0.951. The van der Waals surface area contributed by atoms with Gasteiger partial charge in [0.2, 0.25) is 5.88 Å². The Labute approximate surface area is 191 Å². The molecule has 1 heterocycles. The van der Waals surface area contributed by atoms with Gasteiger partial charge >= 0.3 is 11.9 Å². The summed E-state index contributed by atoms with van der Waals surface area (Å²) in [5.74, 6) is -1.73. The lowest BCUT2D eigenvalue weighted by Crippen LogP contribution is -2.26. The van der Waals surface area contributed by atoms with Crippen LogP contribution in [0.1, 0.15) is 39.2 Å². The molecule has 10 heteroatoms. The number of halogens is 1. The number of nitriles is 1. The molecule has 0 fully saturated rings. The number of carbonyl (C=O) groups is 2. The van der Waals surface area contributed by atoms with E-state index in [9.17, 15) is 14.9 Å². The zero-order valence-corrected chi connectivity index (χ0v) is 19.2. The summed E-state index contributed by atoms with van der Waals surface area (Å²) in [7, 11) is 1.24. The maximum Gasteiger partial charge on any atom is 0.346 e. The van der Waals surface area contributed by atoms with E-state index >= 15 is 0 Å². The molecular weight excluding hydrogens is 440 g/mol. The molecule has 0 aliphatic carbocycles. The zero-order valence-electron chi connectivity index (χ0n) is 18.5. The normalized spacial score (nSPS) is 16.6. The Morgan fingerprint density at radius 2 is 2.00 bits per heavy atom.